The molecule has 0 radical (unpaired) electrons. The van der Waals surface area contributed by atoms with E-state index in [2.05, 4.69) is 9.46 Å². The molecule has 0 saturated heterocycles. The van der Waals surface area contributed by atoms with E-state index in [-0.39, 0.29) is 21.9 Å². The van der Waals surface area contributed by atoms with Crippen molar-refractivity contribution in [2.24, 2.45) is 5.73 Å². The van der Waals surface area contributed by atoms with Crippen LogP contribution in [0.4, 0.5) is 14.5 Å². The lowest BCUT2D eigenvalue weighted by Crippen LogP contribution is -2.15. The van der Waals surface area contributed by atoms with E-state index in [1.165, 1.54) is 48.5 Å². The van der Waals surface area contributed by atoms with Gasteiger partial charge in [-0.15, -0.1) is 0 Å². The van der Waals surface area contributed by atoms with Gasteiger partial charge in [-0.05, 0) is 36.4 Å². The number of primary amides is 1. The van der Waals surface area contributed by atoms with E-state index < -0.39 is 22.5 Å². The molecule has 23 heavy (non-hydrogen) atoms. The van der Waals surface area contributed by atoms with Gasteiger partial charge in [-0.25, -0.2) is 8.42 Å². The number of ether oxygens (including phenoxy) is 1. The molecule has 1 amide bonds. The molecule has 0 fully saturated rings. The van der Waals surface area contributed by atoms with Gasteiger partial charge in [-0.2, -0.15) is 8.78 Å². The Kier molecular flexibility index (Phi) is 4.80. The summed E-state index contributed by atoms with van der Waals surface area (Å²) < 4.78 is 55.6. The highest BCUT2D eigenvalue weighted by molar-refractivity contribution is 7.92. The second kappa shape index (κ2) is 6.61. The maximum absolute atomic E-state index is 12.3. The van der Waals surface area contributed by atoms with E-state index in [1.807, 2.05) is 0 Å². The average molecular weight is 342 g/mol. The van der Waals surface area contributed by atoms with Gasteiger partial charge in [0, 0.05) is 5.56 Å². The Balaban J connectivity index is 2.30. The lowest BCUT2D eigenvalue weighted by Gasteiger charge is -2.13. The Morgan fingerprint density at radius 2 is 1.70 bits per heavy atom. The summed E-state index contributed by atoms with van der Waals surface area (Å²) >= 11 is 0. The summed E-state index contributed by atoms with van der Waals surface area (Å²) in [6, 6.07) is 10.2. The molecule has 0 aliphatic heterocycles. The molecule has 2 aromatic rings. The zero-order valence-corrected chi connectivity index (χ0v) is 12.4. The number of rotatable bonds is 6. The number of amides is 1. The number of carbonyl (C=O) groups is 1. The number of halogens is 2. The van der Waals surface area contributed by atoms with Gasteiger partial charge >= 0.3 is 6.61 Å². The first-order chi connectivity index (χ1) is 10.8. The SMILES string of the molecule is NC(=O)c1ccc(S(=O)(=O)Nc2ccccc2OC(F)F)cc1. The first-order valence-corrected chi connectivity index (χ1v) is 7.74. The first kappa shape index (κ1) is 16.7. The molecule has 0 aromatic heterocycles. The van der Waals surface area contributed by atoms with Crippen molar-refractivity contribution in [1.29, 1.82) is 0 Å². The van der Waals surface area contributed by atoms with Crippen LogP contribution in [0.3, 0.4) is 0 Å². The predicted molar refractivity (Wildman–Crippen MR) is 78.8 cm³/mol. The topological polar surface area (TPSA) is 98.5 Å². The fourth-order valence-corrected chi connectivity index (χ4v) is 2.82. The number of benzene rings is 2. The van der Waals surface area contributed by atoms with Crippen molar-refractivity contribution < 1.29 is 26.7 Å². The van der Waals surface area contributed by atoms with Gasteiger partial charge in [0.1, 0.15) is 5.75 Å². The number of carbonyl (C=O) groups excluding carboxylic acids is 1. The largest absolute Gasteiger partial charge is 0.433 e. The lowest BCUT2D eigenvalue weighted by molar-refractivity contribution is -0.0493. The third-order valence-electron chi connectivity index (χ3n) is 2.80. The van der Waals surface area contributed by atoms with Crippen LogP contribution in [0.1, 0.15) is 10.4 Å². The summed E-state index contributed by atoms with van der Waals surface area (Å²) in [4.78, 5) is 10.8. The molecule has 6 nitrogen and oxygen atoms in total. The molecular formula is C14H12F2N2O4S. The van der Waals surface area contributed by atoms with E-state index in [0.29, 0.717) is 0 Å². The van der Waals surface area contributed by atoms with Crippen LogP contribution in [0.25, 0.3) is 0 Å². The number of para-hydroxylation sites is 2. The quantitative estimate of drug-likeness (QED) is 0.840. The summed E-state index contributed by atoms with van der Waals surface area (Å²) in [6.45, 7) is -3.09. The molecule has 2 aromatic carbocycles. The van der Waals surface area contributed by atoms with Gasteiger partial charge in [0.2, 0.25) is 5.91 Å². The van der Waals surface area contributed by atoms with E-state index in [0.717, 1.165) is 0 Å². The van der Waals surface area contributed by atoms with Crippen molar-refractivity contribution in [3.8, 4) is 5.75 Å². The fraction of sp³-hybridized carbons (Fsp3) is 0.0714. The fourth-order valence-electron chi connectivity index (χ4n) is 1.75. The Hall–Kier alpha value is -2.68. The number of hydrogen-bond donors (Lipinski definition) is 2. The lowest BCUT2D eigenvalue weighted by atomic mass is 10.2. The average Bonchev–Trinajstić information content (AvgIpc) is 2.48. The molecule has 0 bridgehead atoms. The van der Waals surface area contributed by atoms with Crippen LogP contribution in [-0.2, 0) is 10.0 Å². The Morgan fingerprint density at radius 3 is 2.26 bits per heavy atom. The van der Waals surface area contributed by atoms with Gasteiger partial charge < -0.3 is 10.5 Å². The van der Waals surface area contributed by atoms with Crippen molar-refractivity contribution in [3.63, 3.8) is 0 Å². The van der Waals surface area contributed by atoms with Crippen molar-refractivity contribution in [2.75, 3.05) is 4.72 Å². The number of hydrogen-bond acceptors (Lipinski definition) is 4. The van der Waals surface area contributed by atoms with Crippen molar-refractivity contribution in [2.45, 2.75) is 11.5 Å². The van der Waals surface area contributed by atoms with E-state index in [4.69, 9.17) is 5.73 Å². The van der Waals surface area contributed by atoms with E-state index in [9.17, 15) is 22.0 Å². The number of nitrogens with one attached hydrogen (secondary N) is 1. The Labute approximate surface area is 130 Å². The second-order valence-electron chi connectivity index (χ2n) is 4.37. The molecule has 0 spiro atoms. The number of alkyl halides is 2. The summed E-state index contributed by atoms with van der Waals surface area (Å²) in [5.74, 6) is -1.00. The minimum Gasteiger partial charge on any atom is -0.433 e. The monoisotopic (exact) mass is 342 g/mol. The molecule has 3 N–H and O–H groups in total. The summed E-state index contributed by atoms with van der Waals surface area (Å²) in [7, 11) is -4.04. The zero-order valence-electron chi connectivity index (χ0n) is 11.6. The molecule has 0 aliphatic carbocycles. The van der Waals surface area contributed by atoms with Crippen molar-refractivity contribution >= 4 is 21.6 Å². The molecule has 9 heteroatoms. The highest BCUT2D eigenvalue weighted by Crippen LogP contribution is 2.28. The maximum atomic E-state index is 12.3. The first-order valence-electron chi connectivity index (χ1n) is 6.26. The van der Waals surface area contributed by atoms with Crippen LogP contribution in [0.2, 0.25) is 0 Å². The van der Waals surface area contributed by atoms with Crippen molar-refractivity contribution in [3.05, 3.63) is 54.1 Å². The van der Waals surface area contributed by atoms with Crippen LogP contribution in [0.15, 0.2) is 53.4 Å². The molecule has 0 aliphatic rings. The standard InChI is InChI=1S/C14H12F2N2O4S/c15-14(16)22-12-4-2-1-3-11(12)18-23(20,21)10-7-5-9(6-8-10)13(17)19/h1-8,14,18H,(H2,17,19). The Morgan fingerprint density at radius 1 is 1.09 bits per heavy atom. The van der Waals surface area contributed by atoms with Gasteiger partial charge in [0.15, 0.2) is 0 Å². The minimum absolute atomic E-state index is 0.133. The van der Waals surface area contributed by atoms with Crippen molar-refractivity contribution in [1.82, 2.24) is 0 Å². The Bertz CT molecular complexity index is 808. The molecule has 0 unspecified atom stereocenters. The summed E-state index contributed by atoms with van der Waals surface area (Å²) in [6.07, 6.45) is 0. The molecular weight excluding hydrogens is 330 g/mol. The normalized spacial score (nSPS) is 11.3. The van der Waals surface area contributed by atoms with Crippen LogP contribution in [0, 0.1) is 0 Å². The molecule has 0 heterocycles. The number of sulfonamides is 1. The summed E-state index contributed by atoms with van der Waals surface area (Å²) in [5, 5.41) is 0. The van der Waals surface area contributed by atoms with Gasteiger partial charge in [0.25, 0.3) is 10.0 Å². The van der Waals surface area contributed by atoms with E-state index >= 15 is 0 Å². The maximum Gasteiger partial charge on any atom is 0.387 e. The van der Waals surface area contributed by atoms with Gasteiger partial charge in [-0.3, -0.25) is 9.52 Å². The van der Waals surface area contributed by atoms with Crippen LogP contribution < -0.4 is 15.2 Å². The summed E-state index contributed by atoms with van der Waals surface area (Å²) in [5.41, 5.74) is 5.08. The number of nitrogens with two attached hydrogens (primary N) is 1. The second-order valence-corrected chi connectivity index (χ2v) is 6.05. The smallest absolute Gasteiger partial charge is 0.387 e. The third kappa shape index (κ3) is 4.16. The molecule has 0 atom stereocenters. The number of anilines is 1. The van der Waals surface area contributed by atoms with Crippen LogP contribution >= 0.6 is 0 Å². The van der Waals surface area contributed by atoms with Gasteiger partial charge in [0.05, 0.1) is 10.6 Å². The van der Waals surface area contributed by atoms with Crippen LogP contribution in [-0.4, -0.2) is 20.9 Å². The predicted octanol–water partition coefficient (Wildman–Crippen LogP) is 2.19. The minimum atomic E-state index is -4.04. The highest BCUT2D eigenvalue weighted by atomic mass is 32.2. The third-order valence-corrected chi connectivity index (χ3v) is 4.18. The van der Waals surface area contributed by atoms with Crippen LogP contribution in [0.5, 0.6) is 5.75 Å². The molecule has 122 valence electrons. The van der Waals surface area contributed by atoms with E-state index in [1.54, 1.807) is 0 Å². The molecule has 0 saturated carbocycles. The molecule has 2 rings (SSSR count). The van der Waals surface area contributed by atoms with Gasteiger partial charge in [-0.1, -0.05) is 12.1 Å². The highest BCUT2D eigenvalue weighted by Gasteiger charge is 2.18. The zero-order chi connectivity index (χ0) is 17.0.